The second kappa shape index (κ2) is 7.67. The molecule has 5 heteroatoms. The molecule has 5 nitrogen and oxygen atoms in total. The first-order valence-electron chi connectivity index (χ1n) is 10.3. The minimum absolute atomic E-state index is 0.0938. The molecule has 30 heavy (non-hydrogen) atoms. The van der Waals surface area contributed by atoms with Gasteiger partial charge in [-0.2, -0.15) is 0 Å². The predicted molar refractivity (Wildman–Crippen MR) is 120 cm³/mol. The van der Waals surface area contributed by atoms with Crippen molar-refractivity contribution in [3.63, 3.8) is 0 Å². The van der Waals surface area contributed by atoms with Gasteiger partial charge in [0.15, 0.2) is 0 Å². The third-order valence-electron chi connectivity index (χ3n) is 5.82. The molecule has 1 fully saturated rings. The minimum Gasteiger partial charge on any atom is -0.353 e. The van der Waals surface area contributed by atoms with Crippen LogP contribution < -0.4 is 4.90 Å². The Kier molecular flexibility index (Phi) is 4.71. The number of aromatic nitrogens is 2. The van der Waals surface area contributed by atoms with Gasteiger partial charge in [0.05, 0.1) is 5.52 Å². The SMILES string of the molecule is Cc1cc(N2CCN(C(=O)c3ccc(-n4cccc4)cc3)CC2)nc2ccccc12. The van der Waals surface area contributed by atoms with E-state index in [2.05, 4.69) is 30.0 Å². The smallest absolute Gasteiger partial charge is 0.253 e. The molecule has 150 valence electrons. The Morgan fingerprint density at radius 1 is 0.867 bits per heavy atom. The maximum Gasteiger partial charge on any atom is 0.253 e. The molecule has 2 aromatic carbocycles. The molecule has 0 unspecified atom stereocenters. The van der Waals surface area contributed by atoms with Gasteiger partial charge in [0.25, 0.3) is 5.91 Å². The quantitative estimate of drug-likeness (QED) is 0.519. The number of nitrogens with zero attached hydrogens (tertiary/aromatic N) is 4. The summed E-state index contributed by atoms with van der Waals surface area (Å²) in [6, 6.07) is 22.2. The van der Waals surface area contributed by atoms with Gasteiger partial charge in [-0.3, -0.25) is 4.79 Å². The van der Waals surface area contributed by atoms with Crippen molar-refractivity contribution < 1.29 is 4.79 Å². The predicted octanol–water partition coefficient (Wildman–Crippen LogP) is 4.30. The van der Waals surface area contributed by atoms with Crippen molar-refractivity contribution in [2.75, 3.05) is 31.1 Å². The van der Waals surface area contributed by atoms with Crippen molar-refractivity contribution in [1.29, 1.82) is 0 Å². The molecule has 0 saturated carbocycles. The average Bonchev–Trinajstić information content (AvgIpc) is 3.34. The number of para-hydroxylation sites is 1. The number of amides is 1. The van der Waals surface area contributed by atoms with E-state index in [1.54, 1.807) is 0 Å². The molecule has 2 aromatic heterocycles. The van der Waals surface area contributed by atoms with Crippen LogP contribution in [0.15, 0.2) is 79.1 Å². The normalized spacial score (nSPS) is 14.3. The molecular weight excluding hydrogens is 372 g/mol. The van der Waals surface area contributed by atoms with Crippen LogP contribution >= 0.6 is 0 Å². The van der Waals surface area contributed by atoms with Gasteiger partial charge >= 0.3 is 0 Å². The highest BCUT2D eigenvalue weighted by molar-refractivity contribution is 5.94. The summed E-state index contributed by atoms with van der Waals surface area (Å²) in [6.45, 7) is 5.11. The number of aryl methyl sites for hydroxylation is 1. The van der Waals surface area contributed by atoms with Crippen LogP contribution in [0.25, 0.3) is 16.6 Å². The lowest BCUT2D eigenvalue weighted by Crippen LogP contribution is -2.49. The molecule has 0 aliphatic carbocycles. The summed E-state index contributed by atoms with van der Waals surface area (Å²) in [4.78, 5) is 22.0. The molecule has 1 amide bonds. The number of fused-ring (bicyclic) bond motifs is 1. The monoisotopic (exact) mass is 396 g/mol. The van der Waals surface area contributed by atoms with Gasteiger partial charge in [-0.25, -0.2) is 4.98 Å². The summed E-state index contributed by atoms with van der Waals surface area (Å²) >= 11 is 0. The van der Waals surface area contributed by atoms with E-state index in [4.69, 9.17) is 4.98 Å². The zero-order chi connectivity index (χ0) is 20.5. The lowest BCUT2D eigenvalue weighted by atomic mass is 10.1. The van der Waals surface area contributed by atoms with E-state index in [1.165, 1.54) is 10.9 Å². The van der Waals surface area contributed by atoms with Crippen LogP contribution in [0.5, 0.6) is 0 Å². The molecular formula is C25H24N4O. The van der Waals surface area contributed by atoms with Crippen LogP contribution in [-0.4, -0.2) is 46.5 Å². The van der Waals surface area contributed by atoms with Gasteiger partial charge in [-0.1, -0.05) is 18.2 Å². The third kappa shape index (κ3) is 3.43. The number of rotatable bonds is 3. The Labute approximate surface area is 176 Å². The molecule has 0 N–H and O–H groups in total. The van der Waals surface area contributed by atoms with E-state index < -0.39 is 0 Å². The summed E-state index contributed by atoms with van der Waals surface area (Å²) in [5.74, 6) is 1.09. The van der Waals surface area contributed by atoms with E-state index >= 15 is 0 Å². The third-order valence-corrected chi connectivity index (χ3v) is 5.82. The standard InChI is InChI=1S/C25H24N4O/c1-19-18-24(26-23-7-3-2-6-22(19)23)28-14-16-29(17-15-28)25(30)20-8-10-21(11-9-20)27-12-4-5-13-27/h2-13,18H,14-17H2,1H3. The largest absolute Gasteiger partial charge is 0.353 e. The van der Waals surface area contributed by atoms with Crippen molar-refractivity contribution in [2.24, 2.45) is 0 Å². The van der Waals surface area contributed by atoms with Gasteiger partial charge in [0.1, 0.15) is 5.82 Å². The Hall–Kier alpha value is -3.60. The molecule has 1 saturated heterocycles. The summed E-state index contributed by atoms with van der Waals surface area (Å²) in [5, 5.41) is 1.19. The van der Waals surface area contributed by atoms with Crippen molar-refractivity contribution in [2.45, 2.75) is 6.92 Å². The van der Waals surface area contributed by atoms with E-state index in [9.17, 15) is 4.79 Å². The molecule has 1 aliphatic heterocycles. The Balaban J connectivity index is 1.27. The van der Waals surface area contributed by atoms with E-state index in [-0.39, 0.29) is 5.91 Å². The van der Waals surface area contributed by atoms with Gasteiger partial charge < -0.3 is 14.4 Å². The first kappa shape index (κ1) is 18.4. The fourth-order valence-corrected chi connectivity index (χ4v) is 4.10. The fourth-order valence-electron chi connectivity index (χ4n) is 4.10. The molecule has 4 aromatic rings. The van der Waals surface area contributed by atoms with E-state index in [0.29, 0.717) is 13.1 Å². The Morgan fingerprint density at radius 2 is 1.57 bits per heavy atom. The van der Waals surface area contributed by atoms with Crippen LogP contribution in [0.3, 0.4) is 0 Å². The molecule has 0 bridgehead atoms. The second-order valence-corrected chi connectivity index (χ2v) is 7.73. The summed E-state index contributed by atoms with van der Waals surface area (Å²) in [6.07, 6.45) is 4.00. The van der Waals surface area contributed by atoms with E-state index in [1.807, 2.05) is 70.4 Å². The minimum atomic E-state index is 0.0938. The molecule has 5 rings (SSSR count). The van der Waals surface area contributed by atoms with Gasteiger partial charge in [0.2, 0.25) is 0 Å². The van der Waals surface area contributed by atoms with Crippen LogP contribution in [0.1, 0.15) is 15.9 Å². The highest BCUT2D eigenvalue weighted by Crippen LogP contribution is 2.23. The van der Waals surface area contributed by atoms with Crippen molar-refractivity contribution in [3.8, 4) is 5.69 Å². The summed E-state index contributed by atoms with van der Waals surface area (Å²) in [7, 11) is 0. The highest BCUT2D eigenvalue weighted by Gasteiger charge is 2.23. The number of benzene rings is 2. The van der Waals surface area contributed by atoms with Crippen LogP contribution in [0.2, 0.25) is 0 Å². The molecule has 3 heterocycles. The molecule has 0 atom stereocenters. The van der Waals surface area contributed by atoms with Gasteiger partial charge in [-0.05, 0) is 61.0 Å². The van der Waals surface area contributed by atoms with Crippen LogP contribution in [0, 0.1) is 6.92 Å². The Bertz CT molecular complexity index is 1170. The Morgan fingerprint density at radius 3 is 2.30 bits per heavy atom. The maximum atomic E-state index is 13.0. The molecule has 1 aliphatic rings. The number of hydrogen-bond donors (Lipinski definition) is 0. The number of piperazine rings is 1. The molecule has 0 spiro atoms. The van der Waals surface area contributed by atoms with Crippen LogP contribution in [0.4, 0.5) is 5.82 Å². The summed E-state index contributed by atoms with van der Waals surface area (Å²) in [5.41, 5.74) is 4.05. The van der Waals surface area contributed by atoms with Crippen molar-refractivity contribution in [3.05, 3.63) is 90.3 Å². The summed E-state index contributed by atoms with van der Waals surface area (Å²) < 4.78 is 2.03. The van der Waals surface area contributed by atoms with Crippen molar-refractivity contribution in [1.82, 2.24) is 14.5 Å². The zero-order valence-electron chi connectivity index (χ0n) is 17.0. The maximum absolute atomic E-state index is 13.0. The number of carbonyl (C=O) groups excluding carboxylic acids is 1. The second-order valence-electron chi connectivity index (χ2n) is 7.73. The number of carbonyl (C=O) groups is 1. The van der Waals surface area contributed by atoms with E-state index in [0.717, 1.165) is 35.7 Å². The first-order valence-corrected chi connectivity index (χ1v) is 10.3. The van der Waals surface area contributed by atoms with Crippen molar-refractivity contribution >= 4 is 22.6 Å². The highest BCUT2D eigenvalue weighted by atomic mass is 16.2. The van der Waals surface area contributed by atoms with Crippen LogP contribution in [-0.2, 0) is 0 Å². The fraction of sp³-hybridized carbons (Fsp3) is 0.200. The lowest BCUT2D eigenvalue weighted by Gasteiger charge is -2.35. The van der Waals surface area contributed by atoms with Gasteiger partial charge in [-0.15, -0.1) is 0 Å². The molecule has 0 radical (unpaired) electrons. The first-order chi connectivity index (χ1) is 14.7. The van der Waals surface area contributed by atoms with Gasteiger partial charge in [0, 0.05) is 55.2 Å². The number of pyridine rings is 1. The average molecular weight is 396 g/mol. The number of anilines is 1. The lowest BCUT2D eigenvalue weighted by molar-refractivity contribution is 0.0746. The topological polar surface area (TPSA) is 41.4 Å². The number of hydrogen-bond acceptors (Lipinski definition) is 3. The zero-order valence-corrected chi connectivity index (χ0v) is 17.0.